The number of carboxylic acids is 1. The molecule has 92 valence electrons. The van der Waals surface area contributed by atoms with Crippen LogP contribution in [0.25, 0.3) is 0 Å². The summed E-state index contributed by atoms with van der Waals surface area (Å²) < 4.78 is 5.63. The fraction of sp³-hybridized carbons (Fsp3) is 0.500. The van der Waals surface area contributed by atoms with E-state index in [1.807, 2.05) is 31.2 Å². The third kappa shape index (κ3) is 2.60. The Bertz CT molecular complexity index is 388. The van der Waals surface area contributed by atoms with E-state index >= 15 is 0 Å². The number of rotatable bonds is 4. The lowest BCUT2D eigenvalue weighted by Gasteiger charge is -2.23. The van der Waals surface area contributed by atoms with Crippen molar-refractivity contribution in [2.24, 2.45) is 5.41 Å². The minimum atomic E-state index is -0.720. The Hall–Kier alpha value is -1.51. The Morgan fingerprint density at radius 2 is 1.88 bits per heavy atom. The predicted octanol–water partition coefficient (Wildman–Crippen LogP) is 3.02. The van der Waals surface area contributed by atoms with Crippen LogP contribution in [0.5, 0.6) is 5.75 Å². The zero-order valence-electron chi connectivity index (χ0n) is 10.1. The van der Waals surface area contributed by atoms with Crippen molar-refractivity contribution in [2.75, 3.05) is 6.61 Å². The molecule has 0 atom stereocenters. The fourth-order valence-electron chi connectivity index (χ4n) is 2.33. The van der Waals surface area contributed by atoms with Gasteiger partial charge in [0.25, 0.3) is 0 Å². The molecule has 17 heavy (non-hydrogen) atoms. The Morgan fingerprint density at radius 3 is 2.41 bits per heavy atom. The fourth-order valence-corrected chi connectivity index (χ4v) is 2.33. The van der Waals surface area contributed by atoms with Crippen LogP contribution in [0.3, 0.4) is 0 Å². The number of carbonyl (C=O) groups is 1. The maximum atomic E-state index is 11.3. The van der Waals surface area contributed by atoms with E-state index in [-0.39, 0.29) is 6.61 Å². The first-order chi connectivity index (χ1) is 8.12. The van der Waals surface area contributed by atoms with Gasteiger partial charge in [-0.15, -0.1) is 0 Å². The smallest absolute Gasteiger partial charge is 0.313 e. The third-order valence-corrected chi connectivity index (χ3v) is 3.55. The summed E-state index contributed by atoms with van der Waals surface area (Å²) in [6.07, 6.45) is 3.44. The van der Waals surface area contributed by atoms with Crippen molar-refractivity contribution in [3.05, 3.63) is 29.8 Å². The molecule has 0 amide bonds. The van der Waals surface area contributed by atoms with Gasteiger partial charge in [-0.3, -0.25) is 4.79 Å². The molecule has 1 aliphatic rings. The zero-order valence-corrected chi connectivity index (χ0v) is 10.1. The lowest BCUT2D eigenvalue weighted by Crippen LogP contribution is -2.34. The van der Waals surface area contributed by atoms with Gasteiger partial charge >= 0.3 is 5.97 Å². The van der Waals surface area contributed by atoms with Crippen LogP contribution in [0.4, 0.5) is 0 Å². The molecule has 0 radical (unpaired) electrons. The predicted molar refractivity (Wildman–Crippen MR) is 65.2 cm³/mol. The molecule has 2 rings (SSSR count). The molecule has 1 aromatic carbocycles. The molecule has 1 saturated carbocycles. The summed E-state index contributed by atoms with van der Waals surface area (Å²) in [6, 6.07) is 7.72. The summed E-state index contributed by atoms with van der Waals surface area (Å²) in [4.78, 5) is 11.3. The average molecular weight is 234 g/mol. The van der Waals surface area contributed by atoms with Crippen LogP contribution in [0.15, 0.2) is 24.3 Å². The molecule has 0 saturated heterocycles. The van der Waals surface area contributed by atoms with Crippen LogP contribution in [-0.4, -0.2) is 17.7 Å². The Kier molecular flexibility index (Phi) is 3.36. The lowest BCUT2D eigenvalue weighted by molar-refractivity contribution is -0.150. The summed E-state index contributed by atoms with van der Waals surface area (Å²) >= 11 is 0. The molecular weight excluding hydrogens is 216 g/mol. The number of carboxylic acid groups (broad SMARTS) is 1. The number of aliphatic carboxylic acids is 1. The van der Waals surface area contributed by atoms with E-state index in [4.69, 9.17) is 4.74 Å². The Balaban J connectivity index is 2.00. The second kappa shape index (κ2) is 4.78. The molecule has 1 fully saturated rings. The van der Waals surface area contributed by atoms with Crippen molar-refractivity contribution < 1.29 is 14.6 Å². The van der Waals surface area contributed by atoms with Gasteiger partial charge in [-0.25, -0.2) is 0 Å². The number of benzene rings is 1. The summed E-state index contributed by atoms with van der Waals surface area (Å²) in [6.45, 7) is 2.30. The van der Waals surface area contributed by atoms with Gasteiger partial charge in [0.05, 0.1) is 0 Å². The molecule has 3 nitrogen and oxygen atoms in total. The molecule has 3 heteroatoms. The molecule has 0 aliphatic heterocycles. The van der Waals surface area contributed by atoms with E-state index in [1.165, 1.54) is 5.56 Å². The van der Waals surface area contributed by atoms with E-state index in [2.05, 4.69) is 0 Å². The molecule has 1 N–H and O–H groups in total. The maximum Gasteiger partial charge on any atom is 0.313 e. The number of aryl methyl sites for hydroxylation is 1. The average Bonchev–Trinajstić information content (AvgIpc) is 2.78. The summed E-state index contributed by atoms with van der Waals surface area (Å²) in [5.41, 5.74) is 0.511. The van der Waals surface area contributed by atoms with E-state index in [0.29, 0.717) is 0 Å². The number of hydrogen-bond donors (Lipinski definition) is 1. The SMILES string of the molecule is Cc1ccc(OCC2(C(=O)O)CCCC2)cc1. The van der Waals surface area contributed by atoms with Gasteiger partial charge in [-0.2, -0.15) is 0 Å². The highest BCUT2D eigenvalue weighted by atomic mass is 16.5. The molecule has 0 aromatic heterocycles. The van der Waals surface area contributed by atoms with Gasteiger partial charge in [0.1, 0.15) is 17.8 Å². The topological polar surface area (TPSA) is 46.5 Å². The second-order valence-electron chi connectivity index (χ2n) is 4.89. The molecule has 0 bridgehead atoms. The standard InChI is InChI=1S/C14H18O3/c1-11-4-6-12(7-5-11)17-10-14(13(15)16)8-2-3-9-14/h4-7H,2-3,8-10H2,1H3,(H,15,16). The minimum absolute atomic E-state index is 0.283. The van der Waals surface area contributed by atoms with Crippen molar-refractivity contribution >= 4 is 5.97 Å². The van der Waals surface area contributed by atoms with Gasteiger partial charge in [0.15, 0.2) is 0 Å². The van der Waals surface area contributed by atoms with E-state index in [1.54, 1.807) is 0 Å². The third-order valence-electron chi connectivity index (χ3n) is 3.55. The largest absolute Gasteiger partial charge is 0.492 e. The Morgan fingerprint density at radius 1 is 1.29 bits per heavy atom. The number of ether oxygens (including phenoxy) is 1. The summed E-state index contributed by atoms with van der Waals surface area (Å²) in [5.74, 6) is 0.0326. The Labute approximate surface area is 101 Å². The van der Waals surface area contributed by atoms with Crippen molar-refractivity contribution in [3.63, 3.8) is 0 Å². The zero-order chi connectivity index (χ0) is 12.3. The quantitative estimate of drug-likeness (QED) is 0.871. The van der Waals surface area contributed by atoms with Crippen LogP contribution in [0.1, 0.15) is 31.2 Å². The van der Waals surface area contributed by atoms with Crippen LogP contribution < -0.4 is 4.74 Å². The van der Waals surface area contributed by atoms with Crippen molar-refractivity contribution in [1.82, 2.24) is 0 Å². The molecule has 0 unspecified atom stereocenters. The monoisotopic (exact) mass is 234 g/mol. The van der Waals surface area contributed by atoms with Crippen molar-refractivity contribution in [2.45, 2.75) is 32.6 Å². The van der Waals surface area contributed by atoms with Gasteiger partial charge in [-0.05, 0) is 31.9 Å². The molecule has 0 spiro atoms. The highest BCUT2D eigenvalue weighted by Crippen LogP contribution is 2.38. The van der Waals surface area contributed by atoms with Crippen LogP contribution in [-0.2, 0) is 4.79 Å². The van der Waals surface area contributed by atoms with E-state index in [9.17, 15) is 9.90 Å². The van der Waals surface area contributed by atoms with E-state index < -0.39 is 11.4 Å². The highest BCUT2D eigenvalue weighted by molar-refractivity contribution is 5.75. The molecule has 1 aromatic rings. The van der Waals surface area contributed by atoms with Crippen LogP contribution in [0, 0.1) is 12.3 Å². The van der Waals surface area contributed by atoms with Gasteiger partial charge in [0, 0.05) is 0 Å². The normalized spacial score (nSPS) is 17.9. The first kappa shape index (κ1) is 12.0. The molecule has 0 heterocycles. The summed E-state index contributed by atoms with van der Waals surface area (Å²) in [5, 5.41) is 9.31. The second-order valence-corrected chi connectivity index (χ2v) is 4.89. The van der Waals surface area contributed by atoms with Gasteiger partial charge < -0.3 is 9.84 Å². The first-order valence-corrected chi connectivity index (χ1v) is 6.05. The first-order valence-electron chi connectivity index (χ1n) is 6.05. The highest BCUT2D eigenvalue weighted by Gasteiger charge is 2.42. The van der Waals surface area contributed by atoms with Crippen LogP contribution in [0.2, 0.25) is 0 Å². The maximum absolute atomic E-state index is 11.3. The van der Waals surface area contributed by atoms with E-state index in [0.717, 1.165) is 31.4 Å². The van der Waals surface area contributed by atoms with Gasteiger partial charge in [-0.1, -0.05) is 30.5 Å². The van der Waals surface area contributed by atoms with Crippen molar-refractivity contribution in [1.29, 1.82) is 0 Å². The number of hydrogen-bond acceptors (Lipinski definition) is 2. The van der Waals surface area contributed by atoms with Crippen molar-refractivity contribution in [3.8, 4) is 5.75 Å². The van der Waals surface area contributed by atoms with Gasteiger partial charge in [0.2, 0.25) is 0 Å². The molecular formula is C14H18O3. The minimum Gasteiger partial charge on any atom is -0.492 e. The molecule has 1 aliphatic carbocycles. The summed E-state index contributed by atoms with van der Waals surface area (Å²) in [7, 11) is 0. The van der Waals surface area contributed by atoms with Crippen LogP contribution >= 0.6 is 0 Å². The lowest BCUT2D eigenvalue weighted by atomic mass is 9.87.